The van der Waals surface area contributed by atoms with Gasteiger partial charge in [-0.1, -0.05) is 19.1 Å². The Kier molecular flexibility index (Phi) is 7.11. The lowest BCUT2D eigenvalue weighted by Crippen LogP contribution is -2.22. The van der Waals surface area contributed by atoms with Crippen molar-refractivity contribution in [3.05, 3.63) is 29.6 Å². The van der Waals surface area contributed by atoms with Crippen LogP contribution < -0.4 is 10.1 Å². The molecule has 0 fully saturated rings. The highest BCUT2D eigenvalue weighted by atomic mass is 32.2. The Morgan fingerprint density at radius 1 is 1.33 bits per heavy atom. The Hall–Kier alpha value is -1.14. The average Bonchev–Trinajstić information content (AvgIpc) is 2.41. The fraction of sp³-hybridized carbons (Fsp3) is 0.600. The number of hydrogen-bond donors (Lipinski definition) is 1. The lowest BCUT2D eigenvalue weighted by molar-refractivity contribution is 0.317. The van der Waals surface area contributed by atoms with Gasteiger partial charge in [-0.05, 0) is 32.9 Å². The number of rotatable bonds is 9. The number of sulfone groups is 1. The summed E-state index contributed by atoms with van der Waals surface area (Å²) >= 11 is 0. The maximum Gasteiger partial charge on any atom is 0.165 e. The van der Waals surface area contributed by atoms with Crippen LogP contribution in [0, 0.1) is 5.82 Å². The molecule has 1 aromatic rings. The number of para-hydroxylation sites is 1. The fourth-order valence-corrected chi connectivity index (χ4v) is 2.54. The van der Waals surface area contributed by atoms with E-state index in [0.29, 0.717) is 12.1 Å². The van der Waals surface area contributed by atoms with Gasteiger partial charge < -0.3 is 10.1 Å². The molecule has 0 atom stereocenters. The third kappa shape index (κ3) is 5.63. The first-order valence-corrected chi connectivity index (χ1v) is 8.92. The minimum absolute atomic E-state index is 0.0395. The zero-order chi connectivity index (χ0) is 15.9. The molecule has 120 valence electrons. The predicted octanol–water partition coefficient (Wildman–Crippen LogP) is 2.53. The van der Waals surface area contributed by atoms with E-state index in [0.717, 1.165) is 13.0 Å². The summed E-state index contributed by atoms with van der Waals surface area (Å²) in [5.74, 6) is -0.436. The molecule has 6 heteroatoms. The Balaban J connectivity index is 2.69. The Morgan fingerprint density at radius 3 is 2.67 bits per heavy atom. The van der Waals surface area contributed by atoms with E-state index in [-0.39, 0.29) is 18.1 Å². The van der Waals surface area contributed by atoms with Crippen LogP contribution in [0.1, 0.15) is 32.8 Å². The largest absolute Gasteiger partial charge is 0.489 e. The summed E-state index contributed by atoms with van der Waals surface area (Å²) in [4.78, 5) is 0. The van der Waals surface area contributed by atoms with Crippen LogP contribution >= 0.6 is 0 Å². The molecule has 0 aromatic heterocycles. The van der Waals surface area contributed by atoms with Gasteiger partial charge in [-0.15, -0.1) is 0 Å². The molecule has 0 heterocycles. The van der Waals surface area contributed by atoms with Crippen molar-refractivity contribution in [2.45, 2.75) is 39.0 Å². The molecule has 1 N–H and O–H groups in total. The van der Waals surface area contributed by atoms with Gasteiger partial charge in [-0.2, -0.15) is 0 Å². The van der Waals surface area contributed by atoms with Crippen molar-refractivity contribution in [2.24, 2.45) is 0 Å². The van der Waals surface area contributed by atoms with Gasteiger partial charge in [-0.3, -0.25) is 0 Å². The molecule has 0 saturated carbocycles. The van der Waals surface area contributed by atoms with Crippen LogP contribution in [-0.2, 0) is 16.4 Å². The van der Waals surface area contributed by atoms with E-state index in [1.165, 1.54) is 6.07 Å². The third-order valence-corrected chi connectivity index (χ3v) is 5.30. The topological polar surface area (TPSA) is 55.4 Å². The lowest BCUT2D eigenvalue weighted by Gasteiger charge is -2.14. The molecule has 4 nitrogen and oxygen atoms in total. The van der Waals surface area contributed by atoms with E-state index in [1.807, 2.05) is 6.92 Å². The van der Waals surface area contributed by atoms with Crippen LogP contribution in [0.25, 0.3) is 0 Å². The van der Waals surface area contributed by atoms with Crippen molar-refractivity contribution in [1.82, 2.24) is 5.32 Å². The molecule has 0 bridgehead atoms. The number of hydrogen-bond acceptors (Lipinski definition) is 4. The summed E-state index contributed by atoms with van der Waals surface area (Å²) in [7, 11) is -3.18. The summed E-state index contributed by atoms with van der Waals surface area (Å²) in [5.41, 5.74) is 0.699. The zero-order valence-corrected chi connectivity index (χ0v) is 13.7. The van der Waals surface area contributed by atoms with Crippen LogP contribution in [0.4, 0.5) is 4.39 Å². The number of halogens is 1. The van der Waals surface area contributed by atoms with Gasteiger partial charge in [0.15, 0.2) is 21.4 Å². The molecule has 0 radical (unpaired) electrons. The molecule has 1 rings (SSSR count). The smallest absolute Gasteiger partial charge is 0.165 e. The van der Waals surface area contributed by atoms with Crippen molar-refractivity contribution in [1.29, 1.82) is 0 Å². The summed E-state index contributed by atoms with van der Waals surface area (Å²) in [6.07, 6.45) is 0.984. The van der Waals surface area contributed by atoms with Crippen LogP contribution in [0.15, 0.2) is 18.2 Å². The van der Waals surface area contributed by atoms with E-state index in [4.69, 9.17) is 4.74 Å². The van der Waals surface area contributed by atoms with Crippen LogP contribution in [0.5, 0.6) is 5.75 Å². The van der Waals surface area contributed by atoms with Crippen molar-refractivity contribution in [3.63, 3.8) is 0 Å². The van der Waals surface area contributed by atoms with Crippen molar-refractivity contribution < 1.29 is 17.5 Å². The van der Waals surface area contributed by atoms with Gasteiger partial charge in [0.2, 0.25) is 0 Å². The zero-order valence-electron chi connectivity index (χ0n) is 12.9. The molecule has 0 unspecified atom stereocenters. The van der Waals surface area contributed by atoms with Gasteiger partial charge in [0.05, 0.1) is 11.0 Å². The van der Waals surface area contributed by atoms with E-state index in [9.17, 15) is 12.8 Å². The standard InChI is InChI=1S/C15H24FNO3S/c1-4-8-17-11-13-6-5-7-14(16)15(13)20-9-10-21(18,19)12(2)3/h5-7,12,17H,4,8-11H2,1-3H3. The maximum absolute atomic E-state index is 13.8. The first-order chi connectivity index (χ1) is 9.88. The highest BCUT2D eigenvalue weighted by Crippen LogP contribution is 2.22. The number of benzene rings is 1. The highest BCUT2D eigenvalue weighted by Gasteiger charge is 2.17. The molecule has 21 heavy (non-hydrogen) atoms. The van der Waals surface area contributed by atoms with Gasteiger partial charge >= 0.3 is 0 Å². The molecular weight excluding hydrogens is 293 g/mol. The van der Waals surface area contributed by atoms with Crippen LogP contribution in [0.3, 0.4) is 0 Å². The van der Waals surface area contributed by atoms with Gasteiger partial charge in [-0.25, -0.2) is 12.8 Å². The second-order valence-electron chi connectivity index (χ2n) is 5.17. The van der Waals surface area contributed by atoms with Crippen molar-refractivity contribution in [3.8, 4) is 5.75 Å². The van der Waals surface area contributed by atoms with Gasteiger partial charge in [0, 0.05) is 12.1 Å². The molecule has 0 spiro atoms. The fourth-order valence-electron chi connectivity index (χ4n) is 1.75. The maximum atomic E-state index is 13.8. The van der Waals surface area contributed by atoms with Crippen molar-refractivity contribution >= 4 is 9.84 Å². The molecule has 0 aliphatic heterocycles. The first kappa shape index (κ1) is 17.9. The second-order valence-corrected chi connectivity index (χ2v) is 7.85. The van der Waals surface area contributed by atoms with E-state index >= 15 is 0 Å². The molecule has 0 amide bonds. The third-order valence-electron chi connectivity index (χ3n) is 3.12. The SMILES string of the molecule is CCCNCc1cccc(F)c1OCCS(=O)(=O)C(C)C. The molecule has 0 aliphatic rings. The van der Waals surface area contributed by atoms with Crippen LogP contribution in [0.2, 0.25) is 0 Å². The lowest BCUT2D eigenvalue weighted by atomic mass is 10.2. The highest BCUT2D eigenvalue weighted by molar-refractivity contribution is 7.91. The first-order valence-electron chi connectivity index (χ1n) is 7.21. The molecule has 1 aromatic carbocycles. The summed E-state index contributed by atoms with van der Waals surface area (Å²) < 4.78 is 42.7. The Morgan fingerprint density at radius 2 is 2.05 bits per heavy atom. The van der Waals surface area contributed by atoms with Gasteiger partial charge in [0.1, 0.15) is 6.61 Å². The van der Waals surface area contributed by atoms with E-state index < -0.39 is 20.9 Å². The predicted molar refractivity (Wildman–Crippen MR) is 82.8 cm³/mol. The minimum Gasteiger partial charge on any atom is -0.489 e. The Labute approximate surface area is 126 Å². The average molecular weight is 317 g/mol. The summed E-state index contributed by atoms with van der Waals surface area (Å²) in [5, 5.41) is 2.73. The Bertz CT molecular complexity index is 544. The molecule has 0 saturated heterocycles. The number of ether oxygens (including phenoxy) is 1. The monoisotopic (exact) mass is 317 g/mol. The van der Waals surface area contributed by atoms with Gasteiger partial charge in [0.25, 0.3) is 0 Å². The summed E-state index contributed by atoms with van der Waals surface area (Å²) in [6.45, 7) is 6.58. The van der Waals surface area contributed by atoms with E-state index in [2.05, 4.69) is 5.32 Å². The number of nitrogens with one attached hydrogen (secondary N) is 1. The summed E-state index contributed by atoms with van der Waals surface area (Å²) in [6, 6.07) is 4.71. The van der Waals surface area contributed by atoms with Crippen molar-refractivity contribution in [2.75, 3.05) is 18.9 Å². The molecule has 0 aliphatic carbocycles. The quantitative estimate of drug-likeness (QED) is 0.711. The van der Waals surface area contributed by atoms with E-state index in [1.54, 1.807) is 26.0 Å². The molecular formula is C15H24FNO3S. The van der Waals surface area contributed by atoms with Crippen LogP contribution in [-0.4, -0.2) is 32.6 Å². The normalized spacial score (nSPS) is 11.9. The minimum atomic E-state index is -3.18. The second kappa shape index (κ2) is 8.34.